The summed E-state index contributed by atoms with van der Waals surface area (Å²) in [5, 5.41) is 8.35. The Morgan fingerprint density at radius 3 is 2.90 bits per heavy atom. The molecular weight excluding hydrogens is 274 g/mol. The molecule has 0 unspecified atom stereocenters. The summed E-state index contributed by atoms with van der Waals surface area (Å²) in [4.78, 5) is 14.9. The van der Waals surface area contributed by atoms with E-state index in [1.807, 2.05) is 6.07 Å². The lowest BCUT2D eigenvalue weighted by Crippen LogP contribution is -2.08. The fourth-order valence-corrected chi connectivity index (χ4v) is 1.97. The highest BCUT2D eigenvalue weighted by atomic mass is 16.6. The van der Waals surface area contributed by atoms with Gasteiger partial charge in [-0.3, -0.25) is 4.79 Å². The Morgan fingerprint density at radius 1 is 1.29 bits per heavy atom. The van der Waals surface area contributed by atoms with Gasteiger partial charge in [-0.15, -0.1) is 5.10 Å². The van der Waals surface area contributed by atoms with Crippen LogP contribution in [0.2, 0.25) is 0 Å². The average molecular weight is 287 g/mol. The number of methoxy groups -OCH3 is 1. The maximum absolute atomic E-state index is 12.1. The number of fused-ring (bicyclic) bond motifs is 1. The number of nitrogens with one attached hydrogen (secondary N) is 1. The van der Waals surface area contributed by atoms with Gasteiger partial charge in [0.1, 0.15) is 11.3 Å². The van der Waals surface area contributed by atoms with E-state index in [1.165, 1.54) is 0 Å². The van der Waals surface area contributed by atoms with E-state index < -0.39 is 0 Å². The molecule has 0 spiro atoms. The Hall–Kier alpha value is -2.83. The first kappa shape index (κ1) is 13.2. The Balaban J connectivity index is 2.12. The highest BCUT2D eigenvalue weighted by Crippen LogP contribution is 2.23. The quantitative estimate of drug-likeness (QED) is 0.789. The number of benzene rings is 1. The molecule has 7 heteroatoms. The van der Waals surface area contributed by atoms with Crippen molar-refractivity contribution in [3.63, 3.8) is 0 Å². The largest absolute Gasteiger partial charge is 0.497 e. The Morgan fingerprint density at radius 2 is 2.14 bits per heavy atom. The van der Waals surface area contributed by atoms with Crippen molar-refractivity contribution in [2.24, 2.45) is 0 Å². The van der Waals surface area contributed by atoms with Gasteiger partial charge < -0.3 is 18.9 Å². The van der Waals surface area contributed by atoms with E-state index in [0.717, 1.165) is 5.39 Å². The molecule has 1 aromatic carbocycles. The summed E-state index contributed by atoms with van der Waals surface area (Å²) < 4.78 is 15.6. The highest BCUT2D eigenvalue weighted by molar-refractivity contribution is 5.83. The molecule has 0 atom stereocenters. The molecule has 2 aromatic heterocycles. The van der Waals surface area contributed by atoms with Crippen LogP contribution in [0, 0.1) is 0 Å². The van der Waals surface area contributed by atoms with Gasteiger partial charge in [0.25, 0.3) is 11.4 Å². The lowest BCUT2D eigenvalue weighted by molar-refractivity contribution is 0.246. The van der Waals surface area contributed by atoms with Crippen LogP contribution in [-0.2, 0) is 0 Å². The number of pyridine rings is 1. The molecule has 0 aliphatic carbocycles. The number of hydrogen-bond acceptors (Lipinski definition) is 6. The van der Waals surface area contributed by atoms with Crippen LogP contribution in [-0.4, -0.2) is 28.9 Å². The number of rotatable bonds is 4. The molecule has 0 amide bonds. The molecule has 3 rings (SSSR count). The van der Waals surface area contributed by atoms with Crippen LogP contribution < -0.4 is 15.0 Å². The minimum Gasteiger partial charge on any atom is -0.497 e. The normalized spacial score (nSPS) is 10.8. The summed E-state index contributed by atoms with van der Waals surface area (Å²) in [5.41, 5.74) is 0.683. The summed E-state index contributed by atoms with van der Waals surface area (Å²) in [7, 11) is 1.58. The lowest BCUT2D eigenvalue weighted by atomic mass is 10.1. The van der Waals surface area contributed by atoms with Crippen LogP contribution in [0.4, 0.5) is 0 Å². The summed E-state index contributed by atoms with van der Waals surface area (Å²) in [6.07, 6.45) is 0.0395. The zero-order valence-electron chi connectivity index (χ0n) is 11.5. The summed E-state index contributed by atoms with van der Waals surface area (Å²) >= 11 is 0. The van der Waals surface area contributed by atoms with E-state index >= 15 is 0 Å². The van der Waals surface area contributed by atoms with Gasteiger partial charge in [-0.05, 0) is 31.2 Å². The second-order valence-corrected chi connectivity index (χ2v) is 4.27. The molecule has 0 saturated heterocycles. The highest BCUT2D eigenvalue weighted by Gasteiger charge is 2.14. The average Bonchev–Trinajstić information content (AvgIpc) is 2.95. The zero-order chi connectivity index (χ0) is 14.8. The fraction of sp³-hybridized carbons (Fsp3) is 0.214. The van der Waals surface area contributed by atoms with Crippen LogP contribution in [0.5, 0.6) is 11.8 Å². The second kappa shape index (κ2) is 5.28. The Bertz CT molecular complexity index is 838. The van der Waals surface area contributed by atoms with E-state index in [2.05, 4.69) is 15.2 Å². The van der Waals surface area contributed by atoms with E-state index in [4.69, 9.17) is 13.9 Å². The maximum Gasteiger partial charge on any atom is 0.414 e. The molecule has 7 nitrogen and oxygen atoms in total. The summed E-state index contributed by atoms with van der Waals surface area (Å²) in [6.45, 7) is 2.21. The van der Waals surface area contributed by atoms with Gasteiger partial charge in [0.15, 0.2) is 0 Å². The van der Waals surface area contributed by atoms with Crippen LogP contribution in [0.3, 0.4) is 0 Å². The first-order valence-electron chi connectivity index (χ1n) is 6.39. The third-order valence-electron chi connectivity index (χ3n) is 2.96. The van der Waals surface area contributed by atoms with Crippen molar-refractivity contribution >= 4 is 10.9 Å². The van der Waals surface area contributed by atoms with Gasteiger partial charge in [0.2, 0.25) is 0 Å². The molecule has 0 radical (unpaired) electrons. The predicted octanol–water partition coefficient (Wildman–Crippen LogP) is 1.99. The Labute approximate surface area is 119 Å². The van der Waals surface area contributed by atoms with Crippen molar-refractivity contribution in [1.82, 2.24) is 15.2 Å². The number of hydrogen-bond donors (Lipinski definition) is 1. The van der Waals surface area contributed by atoms with E-state index in [1.54, 1.807) is 32.2 Å². The third kappa shape index (κ3) is 2.45. The minimum atomic E-state index is -0.306. The summed E-state index contributed by atoms with van der Waals surface area (Å²) in [5.74, 6) is 0.811. The van der Waals surface area contributed by atoms with Crippen LogP contribution in [0.25, 0.3) is 22.4 Å². The molecule has 108 valence electrons. The second-order valence-electron chi connectivity index (χ2n) is 4.27. The summed E-state index contributed by atoms with van der Waals surface area (Å²) in [6, 6.07) is 7.05. The fourth-order valence-electron chi connectivity index (χ4n) is 1.97. The van der Waals surface area contributed by atoms with Gasteiger partial charge in [0.05, 0.1) is 13.7 Å². The molecule has 0 saturated carbocycles. The van der Waals surface area contributed by atoms with E-state index in [-0.39, 0.29) is 23.1 Å². The minimum absolute atomic E-state index is 0.0395. The van der Waals surface area contributed by atoms with Gasteiger partial charge in [0, 0.05) is 10.9 Å². The lowest BCUT2D eigenvalue weighted by Gasteiger charge is -2.03. The van der Waals surface area contributed by atoms with E-state index in [0.29, 0.717) is 17.9 Å². The molecule has 0 aliphatic heterocycles. The number of H-pyrrole nitrogens is 1. The number of nitrogens with zero attached hydrogens (tertiary/aromatic N) is 2. The molecule has 0 aliphatic rings. The molecule has 0 fully saturated rings. The van der Waals surface area contributed by atoms with Crippen molar-refractivity contribution < 1.29 is 13.9 Å². The number of aromatic nitrogens is 3. The van der Waals surface area contributed by atoms with Gasteiger partial charge in [-0.1, -0.05) is 5.10 Å². The maximum atomic E-state index is 12.1. The molecule has 2 heterocycles. The van der Waals surface area contributed by atoms with Gasteiger partial charge >= 0.3 is 6.08 Å². The van der Waals surface area contributed by atoms with Gasteiger partial charge in [-0.25, -0.2) is 0 Å². The van der Waals surface area contributed by atoms with Gasteiger partial charge in [-0.2, -0.15) is 0 Å². The topological polar surface area (TPSA) is 90.2 Å². The standard InChI is InChI=1S/C14H13N3O4/c1-3-20-14-17-16-13(21-14)10-7-8-6-9(19-2)4-5-11(8)15-12(10)18/h4-7H,3H2,1-2H3,(H,15,18). The van der Waals surface area contributed by atoms with Crippen LogP contribution in [0.1, 0.15) is 6.92 Å². The van der Waals surface area contributed by atoms with Crippen molar-refractivity contribution in [3.8, 4) is 23.3 Å². The molecular formula is C14H13N3O4. The Kier molecular flexibility index (Phi) is 3.31. The predicted molar refractivity (Wildman–Crippen MR) is 75.6 cm³/mol. The first-order valence-corrected chi connectivity index (χ1v) is 6.39. The monoisotopic (exact) mass is 287 g/mol. The number of ether oxygens (including phenoxy) is 2. The van der Waals surface area contributed by atoms with Crippen molar-refractivity contribution in [3.05, 3.63) is 34.6 Å². The SMILES string of the molecule is CCOc1nnc(-c2cc3cc(OC)ccc3[nH]c2=O)o1. The molecule has 0 bridgehead atoms. The third-order valence-corrected chi connectivity index (χ3v) is 2.96. The van der Waals surface area contributed by atoms with E-state index in [9.17, 15) is 4.79 Å². The smallest absolute Gasteiger partial charge is 0.414 e. The van der Waals surface area contributed by atoms with Crippen molar-refractivity contribution in [2.45, 2.75) is 6.92 Å². The van der Waals surface area contributed by atoms with Crippen LogP contribution >= 0.6 is 0 Å². The van der Waals surface area contributed by atoms with Crippen molar-refractivity contribution in [1.29, 1.82) is 0 Å². The first-order chi connectivity index (χ1) is 10.2. The van der Waals surface area contributed by atoms with Crippen molar-refractivity contribution in [2.75, 3.05) is 13.7 Å². The zero-order valence-corrected chi connectivity index (χ0v) is 11.5. The molecule has 3 aromatic rings. The van der Waals surface area contributed by atoms with Crippen LogP contribution in [0.15, 0.2) is 33.5 Å². The number of aromatic amines is 1. The molecule has 1 N–H and O–H groups in total. The molecule has 21 heavy (non-hydrogen) atoms.